The van der Waals surface area contributed by atoms with Crippen molar-refractivity contribution in [1.29, 1.82) is 0 Å². The molecule has 2 rings (SSSR count). The Morgan fingerprint density at radius 2 is 1.80 bits per heavy atom. The molecule has 0 aromatic heterocycles. The molecule has 0 saturated carbocycles. The zero-order valence-electron chi connectivity index (χ0n) is 12.6. The molecule has 20 heavy (non-hydrogen) atoms. The molecule has 1 aromatic carbocycles. The van der Waals surface area contributed by atoms with Crippen molar-refractivity contribution >= 4 is 0 Å². The predicted octanol–water partition coefficient (Wildman–Crippen LogP) is 5.14. The molecule has 0 fully saturated rings. The van der Waals surface area contributed by atoms with E-state index in [4.69, 9.17) is 0 Å². The third-order valence-corrected chi connectivity index (χ3v) is 3.32. The molecule has 1 aromatic rings. The van der Waals surface area contributed by atoms with E-state index in [2.05, 4.69) is 56.9 Å². The topological polar surface area (TPSA) is 0 Å². The second-order valence-electron chi connectivity index (χ2n) is 5.58. The van der Waals surface area contributed by atoms with E-state index in [1.54, 1.807) is 0 Å². The normalized spacial score (nSPS) is 17.6. The number of rotatable bonds is 2. The maximum atomic E-state index is 3.34. The van der Waals surface area contributed by atoms with Gasteiger partial charge in [-0.3, -0.25) is 0 Å². The van der Waals surface area contributed by atoms with Crippen LogP contribution in [0, 0.1) is 23.7 Å². The number of hydrogen-bond donors (Lipinski definition) is 0. The SMILES string of the molecule is CC(C)C=C1C=CC(C(C)C#Cc2ccccc2)=CC1. The van der Waals surface area contributed by atoms with Crippen molar-refractivity contribution in [1.82, 2.24) is 0 Å². The van der Waals surface area contributed by atoms with Gasteiger partial charge in [-0.05, 0) is 42.5 Å². The van der Waals surface area contributed by atoms with Crippen LogP contribution in [-0.2, 0) is 0 Å². The van der Waals surface area contributed by atoms with E-state index < -0.39 is 0 Å². The van der Waals surface area contributed by atoms with Crippen LogP contribution in [0.1, 0.15) is 32.8 Å². The molecule has 0 aliphatic heterocycles. The molecular weight excluding hydrogens is 240 g/mol. The number of hydrogen-bond acceptors (Lipinski definition) is 0. The fraction of sp³-hybridized carbons (Fsp3) is 0.300. The summed E-state index contributed by atoms with van der Waals surface area (Å²) in [5.41, 5.74) is 3.82. The van der Waals surface area contributed by atoms with Gasteiger partial charge in [-0.2, -0.15) is 0 Å². The van der Waals surface area contributed by atoms with Crippen LogP contribution in [0.25, 0.3) is 0 Å². The lowest BCUT2D eigenvalue weighted by molar-refractivity contribution is 0.819. The van der Waals surface area contributed by atoms with E-state index in [-0.39, 0.29) is 5.92 Å². The van der Waals surface area contributed by atoms with Gasteiger partial charge in [-0.25, -0.2) is 0 Å². The maximum absolute atomic E-state index is 3.34. The van der Waals surface area contributed by atoms with E-state index in [1.807, 2.05) is 30.3 Å². The molecule has 0 N–H and O–H groups in total. The summed E-state index contributed by atoms with van der Waals surface area (Å²) in [5.74, 6) is 7.48. The molecular formula is C20H22. The second-order valence-corrected chi connectivity index (χ2v) is 5.58. The highest BCUT2D eigenvalue weighted by molar-refractivity contribution is 5.41. The average molecular weight is 262 g/mol. The minimum Gasteiger partial charge on any atom is -0.0900 e. The van der Waals surface area contributed by atoms with Gasteiger partial charge >= 0.3 is 0 Å². The fourth-order valence-electron chi connectivity index (χ4n) is 2.24. The van der Waals surface area contributed by atoms with Crippen molar-refractivity contribution in [2.24, 2.45) is 11.8 Å². The molecule has 1 unspecified atom stereocenters. The molecule has 0 heteroatoms. The Labute approximate surface area is 122 Å². The molecule has 102 valence electrons. The summed E-state index contributed by atoms with van der Waals surface area (Å²) in [6.45, 7) is 6.60. The summed E-state index contributed by atoms with van der Waals surface area (Å²) in [7, 11) is 0. The Morgan fingerprint density at radius 3 is 2.40 bits per heavy atom. The summed E-state index contributed by atoms with van der Waals surface area (Å²) >= 11 is 0. The number of allylic oxidation sites excluding steroid dienone is 6. The highest BCUT2D eigenvalue weighted by Gasteiger charge is 2.07. The molecule has 1 aliphatic carbocycles. The zero-order valence-corrected chi connectivity index (χ0v) is 12.6. The first-order valence-corrected chi connectivity index (χ1v) is 7.30. The molecule has 0 heterocycles. The standard InChI is InChI=1S/C20H22/c1-16(2)15-19-11-13-20(14-12-19)17(3)9-10-18-7-5-4-6-8-18/h4-8,11,13-17H,12H2,1-3H3. The van der Waals surface area contributed by atoms with Crippen LogP contribution >= 0.6 is 0 Å². The lowest BCUT2D eigenvalue weighted by Crippen LogP contribution is -1.98. The van der Waals surface area contributed by atoms with Gasteiger partial charge in [0.2, 0.25) is 0 Å². The lowest BCUT2D eigenvalue weighted by atomic mass is 9.92. The minimum atomic E-state index is 0.284. The van der Waals surface area contributed by atoms with Gasteiger partial charge in [-0.1, -0.05) is 68.2 Å². The van der Waals surface area contributed by atoms with Crippen LogP contribution in [0.15, 0.2) is 65.8 Å². The van der Waals surface area contributed by atoms with Gasteiger partial charge in [-0.15, -0.1) is 0 Å². The van der Waals surface area contributed by atoms with Gasteiger partial charge in [0.1, 0.15) is 0 Å². The molecule has 0 amide bonds. The van der Waals surface area contributed by atoms with Crippen molar-refractivity contribution in [3.8, 4) is 11.8 Å². The zero-order chi connectivity index (χ0) is 14.4. The van der Waals surface area contributed by atoms with Crippen LogP contribution in [0.4, 0.5) is 0 Å². The van der Waals surface area contributed by atoms with Crippen molar-refractivity contribution in [3.63, 3.8) is 0 Å². The summed E-state index contributed by atoms with van der Waals surface area (Å²) in [6.07, 6.45) is 10.1. The van der Waals surface area contributed by atoms with Crippen molar-refractivity contribution < 1.29 is 0 Å². The summed E-state index contributed by atoms with van der Waals surface area (Å²) in [4.78, 5) is 0. The highest BCUT2D eigenvalue weighted by Crippen LogP contribution is 2.22. The van der Waals surface area contributed by atoms with Gasteiger partial charge in [0.05, 0.1) is 0 Å². The van der Waals surface area contributed by atoms with E-state index in [0.29, 0.717) is 5.92 Å². The predicted molar refractivity (Wildman–Crippen MR) is 87.2 cm³/mol. The summed E-state index contributed by atoms with van der Waals surface area (Å²) < 4.78 is 0. The third-order valence-electron chi connectivity index (χ3n) is 3.32. The molecule has 1 aliphatic rings. The Bertz CT molecular complexity index is 586. The van der Waals surface area contributed by atoms with Gasteiger partial charge < -0.3 is 0 Å². The second kappa shape index (κ2) is 6.96. The fourth-order valence-corrected chi connectivity index (χ4v) is 2.24. The van der Waals surface area contributed by atoms with Crippen LogP contribution in [0.3, 0.4) is 0 Å². The van der Waals surface area contributed by atoms with Crippen molar-refractivity contribution in [3.05, 3.63) is 71.3 Å². The van der Waals surface area contributed by atoms with Crippen LogP contribution in [0.5, 0.6) is 0 Å². The van der Waals surface area contributed by atoms with Crippen LogP contribution in [0.2, 0.25) is 0 Å². The lowest BCUT2D eigenvalue weighted by Gasteiger charge is -2.12. The molecule has 0 spiro atoms. The minimum absolute atomic E-state index is 0.284. The summed E-state index contributed by atoms with van der Waals surface area (Å²) in [5, 5.41) is 0. The molecule has 1 atom stereocenters. The van der Waals surface area contributed by atoms with Crippen LogP contribution < -0.4 is 0 Å². The van der Waals surface area contributed by atoms with Crippen molar-refractivity contribution in [2.75, 3.05) is 0 Å². The molecule has 0 nitrogen and oxygen atoms in total. The van der Waals surface area contributed by atoms with Gasteiger partial charge in [0.15, 0.2) is 0 Å². The van der Waals surface area contributed by atoms with E-state index in [1.165, 1.54) is 11.1 Å². The van der Waals surface area contributed by atoms with Gasteiger partial charge in [0, 0.05) is 11.5 Å². The Morgan fingerprint density at radius 1 is 1.05 bits per heavy atom. The first-order valence-electron chi connectivity index (χ1n) is 7.30. The van der Waals surface area contributed by atoms with Crippen molar-refractivity contribution in [2.45, 2.75) is 27.2 Å². The summed E-state index contributed by atoms with van der Waals surface area (Å²) in [6, 6.07) is 10.2. The van der Waals surface area contributed by atoms with Gasteiger partial charge in [0.25, 0.3) is 0 Å². The largest absolute Gasteiger partial charge is 0.0900 e. The average Bonchev–Trinajstić information content (AvgIpc) is 2.46. The van der Waals surface area contributed by atoms with E-state index in [9.17, 15) is 0 Å². The smallest absolute Gasteiger partial charge is 0.0424 e. The first kappa shape index (κ1) is 14.4. The van der Waals surface area contributed by atoms with E-state index >= 15 is 0 Å². The molecule has 0 saturated heterocycles. The Hall–Kier alpha value is -2.00. The Kier molecular flexibility index (Phi) is 5.02. The number of benzene rings is 1. The molecule has 0 bridgehead atoms. The third kappa shape index (κ3) is 4.28. The monoisotopic (exact) mass is 262 g/mol. The van der Waals surface area contributed by atoms with E-state index in [0.717, 1.165) is 12.0 Å². The van der Waals surface area contributed by atoms with Crippen LogP contribution in [-0.4, -0.2) is 0 Å². The highest BCUT2D eigenvalue weighted by atomic mass is 14.1. The molecule has 0 radical (unpaired) electrons. The Balaban J connectivity index is 2.02. The maximum Gasteiger partial charge on any atom is 0.0424 e. The quantitative estimate of drug-likeness (QED) is 0.647. The first-order chi connectivity index (χ1) is 9.65.